The van der Waals surface area contributed by atoms with Crippen molar-refractivity contribution in [2.75, 3.05) is 0 Å². The topological polar surface area (TPSA) is 43.0 Å². The van der Waals surface area contributed by atoms with Crippen LogP contribution in [0.25, 0.3) is 82.8 Å². The van der Waals surface area contributed by atoms with Gasteiger partial charge in [-0.1, -0.05) is 188 Å². The average molecular weight is 751 g/mol. The maximum absolute atomic E-state index is 8.01. The third-order valence-electron chi connectivity index (χ3n) is 11.8. The van der Waals surface area contributed by atoms with Gasteiger partial charge >= 0.3 is 0 Å². The summed E-state index contributed by atoms with van der Waals surface area (Å²) < 4.78 is 0. The van der Waals surface area contributed by atoms with E-state index in [1.807, 2.05) is 6.07 Å². The lowest BCUT2D eigenvalue weighted by Crippen LogP contribution is -2.28. The zero-order chi connectivity index (χ0) is 39.3. The second kappa shape index (κ2) is 13.9. The van der Waals surface area contributed by atoms with Gasteiger partial charge in [0.05, 0.1) is 12.0 Å². The van der Waals surface area contributed by atoms with Crippen LogP contribution in [0.5, 0.6) is 0 Å². The van der Waals surface area contributed by atoms with Gasteiger partial charge in [0, 0.05) is 16.7 Å². The summed E-state index contributed by atoms with van der Waals surface area (Å²) in [5.74, 6) is 1.84. The molecule has 0 unspecified atom stereocenters. The van der Waals surface area contributed by atoms with Gasteiger partial charge in [0.2, 0.25) is 0 Å². The molecule has 0 bridgehead atoms. The van der Waals surface area contributed by atoms with Crippen molar-refractivity contribution in [2.24, 2.45) is 0 Å². The Kier molecular flexibility index (Phi) is 8.06. The van der Waals surface area contributed by atoms with Crippen LogP contribution in [0, 0.1) is 6.57 Å². The first kappa shape index (κ1) is 34.3. The fourth-order valence-electron chi connectivity index (χ4n) is 9.08. The predicted molar refractivity (Wildman–Crippen MR) is 240 cm³/mol. The molecule has 4 heteroatoms. The number of benzene rings is 9. The van der Waals surface area contributed by atoms with E-state index in [4.69, 9.17) is 21.5 Å². The molecule has 0 aliphatic heterocycles. The molecule has 1 aliphatic carbocycles. The van der Waals surface area contributed by atoms with Crippen molar-refractivity contribution in [1.82, 2.24) is 15.0 Å². The van der Waals surface area contributed by atoms with E-state index in [1.54, 1.807) is 0 Å². The standard InChI is InChI=1S/C55H34N4/c1-56-46-30-31-48-50(35-46)55(44-20-4-2-5-21-44,45-22-6-3-7-23-45)49-25-13-24-47(51(48)49)40-18-12-19-41(34-40)52-57-53(42-28-26-36-14-8-10-16-38(36)32-42)59-54(58-52)43-29-27-37-15-9-11-17-39(37)33-43/h2-35H. The first-order chi connectivity index (χ1) is 29.2. The summed E-state index contributed by atoms with van der Waals surface area (Å²) in [4.78, 5) is 19.4. The molecule has 0 spiro atoms. The van der Waals surface area contributed by atoms with Crippen molar-refractivity contribution in [3.05, 3.63) is 240 Å². The summed E-state index contributed by atoms with van der Waals surface area (Å²) in [5, 5.41) is 4.59. The summed E-state index contributed by atoms with van der Waals surface area (Å²) in [5.41, 5.74) is 11.8. The van der Waals surface area contributed by atoms with E-state index in [1.165, 1.54) is 16.3 Å². The van der Waals surface area contributed by atoms with Gasteiger partial charge < -0.3 is 0 Å². The molecule has 4 nitrogen and oxygen atoms in total. The highest BCUT2D eigenvalue weighted by Gasteiger charge is 2.46. The van der Waals surface area contributed by atoms with Gasteiger partial charge in [-0.25, -0.2) is 19.8 Å². The van der Waals surface area contributed by atoms with Crippen LogP contribution in [0.3, 0.4) is 0 Å². The van der Waals surface area contributed by atoms with E-state index < -0.39 is 5.41 Å². The summed E-state index contributed by atoms with van der Waals surface area (Å²) in [6, 6.07) is 72.3. The lowest BCUT2D eigenvalue weighted by Gasteiger charge is -2.34. The Bertz CT molecular complexity index is 3150. The Morgan fingerprint density at radius 3 is 1.44 bits per heavy atom. The Morgan fingerprint density at radius 1 is 0.356 bits per heavy atom. The SMILES string of the molecule is [C-]#[N+]c1ccc2c(c1)C(c1ccccc1)(c1ccccc1)c1cccc(-c3cccc(-c4nc(-c5ccc6ccccc6c5)nc(-c5ccc6ccccc6c5)n4)c3)c1-2. The summed E-state index contributed by atoms with van der Waals surface area (Å²) in [7, 11) is 0. The zero-order valence-corrected chi connectivity index (χ0v) is 31.9. The summed E-state index contributed by atoms with van der Waals surface area (Å²) in [6.45, 7) is 8.01. The fraction of sp³-hybridized carbons (Fsp3) is 0.0182. The molecule has 0 saturated heterocycles. The third kappa shape index (κ3) is 5.63. The van der Waals surface area contributed by atoms with Gasteiger partial charge in [-0.3, -0.25) is 0 Å². The lowest BCUT2D eigenvalue weighted by molar-refractivity contribution is 0.769. The number of hydrogen-bond acceptors (Lipinski definition) is 3. The largest absolute Gasteiger partial charge is 0.238 e. The van der Waals surface area contributed by atoms with Crippen LogP contribution in [-0.2, 0) is 5.41 Å². The van der Waals surface area contributed by atoms with Crippen molar-refractivity contribution >= 4 is 27.2 Å². The molecule has 0 atom stereocenters. The monoisotopic (exact) mass is 750 g/mol. The molecule has 1 aliphatic rings. The quantitative estimate of drug-likeness (QED) is 0.159. The number of fused-ring (bicyclic) bond motifs is 5. The lowest BCUT2D eigenvalue weighted by atomic mass is 9.67. The van der Waals surface area contributed by atoms with Crippen LogP contribution in [0.4, 0.5) is 5.69 Å². The molecule has 0 radical (unpaired) electrons. The molecule has 0 amide bonds. The summed E-state index contributed by atoms with van der Waals surface area (Å²) in [6.07, 6.45) is 0. The molecular weight excluding hydrogens is 717 g/mol. The number of nitrogens with zero attached hydrogens (tertiary/aromatic N) is 4. The minimum atomic E-state index is -0.626. The van der Waals surface area contributed by atoms with Crippen LogP contribution in [-0.4, -0.2) is 15.0 Å². The zero-order valence-electron chi connectivity index (χ0n) is 31.9. The molecule has 274 valence electrons. The second-order valence-electron chi connectivity index (χ2n) is 15.1. The van der Waals surface area contributed by atoms with Crippen molar-refractivity contribution in [3.8, 4) is 56.4 Å². The van der Waals surface area contributed by atoms with E-state index in [0.717, 1.165) is 66.4 Å². The molecule has 9 aromatic carbocycles. The minimum absolute atomic E-state index is 0.603. The highest BCUT2D eigenvalue weighted by atomic mass is 15.0. The Morgan fingerprint density at radius 2 is 0.864 bits per heavy atom. The highest BCUT2D eigenvalue weighted by Crippen LogP contribution is 2.59. The molecule has 1 aromatic heterocycles. The molecule has 1 heterocycles. The first-order valence-electron chi connectivity index (χ1n) is 19.8. The van der Waals surface area contributed by atoms with Crippen LogP contribution >= 0.6 is 0 Å². The summed E-state index contributed by atoms with van der Waals surface area (Å²) >= 11 is 0. The fourth-order valence-corrected chi connectivity index (χ4v) is 9.08. The van der Waals surface area contributed by atoms with Gasteiger partial charge in [0.25, 0.3) is 0 Å². The normalized spacial score (nSPS) is 12.5. The van der Waals surface area contributed by atoms with Crippen LogP contribution in [0.1, 0.15) is 22.3 Å². The van der Waals surface area contributed by atoms with E-state index >= 15 is 0 Å². The predicted octanol–water partition coefficient (Wildman–Crippen LogP) is 13.8. The maximum Gasteiger partial charge on any atom is 0.187 e. The van der Waals surface area contributed by atoms with Gasteiger partial charge in [0.15, 0.2) is 23.2 Å². The van der Waals surface area contributed by atoms with Crippen LogP contribution in [0.2, 0.25) is 0 Å². The van der Waals surface area contributed by atoms with Gasteiger partial charge in [-0.15, -0.1) is 0 Å². The van der Waals surface area contributed by atoms with Gasteiger partial charge in [-0.2, -0.15) is 0 Å². The third-order valence-corrected chi connectivity index (χ3v) is 11.8. The minimum Gasteiger partial charge on any atom is -0.238 e. The van der Waals surface area contributed by atoms with Gasteiger partial charge in [-0.05, 0) is 84.3 Å². The van der Waals surface area contributed by atoms with E-state index in [-0.39, 0.29) is 0 Å². The average Bonchev–Trinajstić information content (AvgIpc) is 3.62. The Balaban J connectivity index is 1.12. The van der Waals surface area contributed by atoms with Crippen molar-refractivity contribution in [3.63, 3.8) is 0 Å². The van der Waals surface area contributed by atoms with Crippen LogP contribution in [0.15, 0.2) is 206 Å². The molecule has 10 aromatic rings. The highest BCUT2D eigenvalue weighted by molar-refractivity contribution is 5.97. The van der Waals surface area contributed by atoms with Crippen molar-refractivity contribution in [1.29, 1.82) is 0 Å². The molecule has 0 fully saturated rings. The van der Waals surface area contributed by atoms with Crippen molar-refractivity contribution in [2.45, 2.75) is 5.41 Å². The van der Waals surface area contributed by atoms with Crippen LogP contribution < -0.4 is 0 Å². The number of rotatable bonds is 6. The van der Waals surface area contributed by atoms with E-state index in [0.29, 0.717) is 23.2 Å². The first-order valence-corrected chi connectivity index (χ1v) is 19.8. The van der Waals surface area contributed by atoms with E-state index in [2.05, 4.69) is 205 Å². The Labute approximate surface area is 342 Å². The molecular formula is C55H34N4. The van der Waals surface area contributed by atoms with Gasteiger partial charge in [0.1, 0.15) is 0 Å². The number of aromatic nitrogens is 3. The second-order valence-corrected chi connectivity index (χ2v) is 15.1. The van der Waals surface area contributed by atoms with Crippen molar-refractivity contribution < 1.29 is 0 Å². The molecule has 0 N–H and O–H groups in total. The molecule has 11 rings (SSSR count). The maximum atomic E-state index is 8.01. The molecule has 59 heavy (non-hydrogen) atoms. The Hall–Kier alpha value is -8.00. The number of hydrogen-bond donors (Lipinski definition) is 0. The van der Waals surface area contributed by atoms with E-state index in [9.17, 15) is 0 Å². The molecule has 0 saturated carbocycles. The smallest absolute Gasteiger partial charge is 0.187 e.